The van der Waals surface area contributed by atoms with E-state index >= 15 is 0 Å². The summed E-state index contributed by atoms with van der Waals surface area (Å²) >= 11 is 9.43. The van der Waals surface area contributed by atoms with Crippen LogP contribution in [-0.2, 0) is 4.74 Å². The van der Waals surface area contributed by atoms with Gasteiger partial charge in [0.2, 0.25) is 0 Å². The van der Waals surface area contributed by atoms with Gasteiger partial charge in [0, 0.05) is 30.0 Å². The minimum Gasteiger partial charge on any atom is -0.384 e. The van der Waals surface area contributed by atoms with Crippen molar-refractivity contribution in [2.75, 3.05) is 19.6 Å². The van der Waals surface area contributed by atoms with E-state index in [2.05, 4.69) is 47.1 Å². The fourth-order valence-electron chi connectivity index (χ4n) is 1.66. The van der Waals surface area contributed by atoms with Crippen LogP contribution in [0.4, 0.5) is 0 Å². The summed E-state index contributed by atoms with van der Waals surface area (Å²) < 4.78 is 6.26. The third kappa shape index (κ3) is 3.78. The Bertz CT molecular complexity index is 286. The highest BCUT2D eigenvalue weighted by atomic mass is 79.9. The van der Waals surface area contributed by atoms with E-state index < -0.39 is 0 Å². The van der Waals surface area contributed by atoms with Crippen molar-refractivity contribution in [1.29, 1.82) is 0 Å². The Balaban J connectivity index is 2.77. The fraction of sp³-hybridized carbons (Fsp3) is 0.500. The Morgan fingerprint density at radius 1 is 1.33 bits per heavy atom. The first kappa shape index (κ1) is 13.0. The van der Waals surface area contributed by atoms with Crippen LogP contribution in [0.3, 0.4) is 0 Å². The molecule has 0 spiro atoms. The van der Waals surface area contributed by atoms with Crippen LogP contribution in [0.5, 0.6) is 0 Å². The van der Waals surface area contributed by atoms with E-state index in [4.69, 9.17) is 16.3 Å². The Kier molecular flexibility index (Phi) is 5.65. The second-order valence-corrected chi connectivity index (χ2v) is 4.97. The van der Waals surface area contributed by atoms with Gasteiger partial charge in [0.15, 0.2) is 0 Å². The number of benzene rings is 1. The molecule has 0 aliphatic heterocycles. The summed E-state index contributed by atoms with van der Waals surface area (Å²) in [6, 6.07) is 8.33. The van der Waals surface area contributed by atoms with E-state index in [1.54, 1.807) is 7.11 Å². The first-order valence-electron chi connectivity index (χ1n) is 4.99. The third-order valence-electron chi connectivity index (χ3n) is 2.58. The second kappa shape index (κ2) is 6.51. The highest BCUT2D eigenvalue weighted by Gasteiger charge is 2.18. The zero-order chi connectivity index (χ0) is 11.3. The lowest BCUT2D eigenvalue weighted by Gasteiger charge is -2.21. The Hall–Kier alpha value is -0.0500. The molecule has 0 N–H and O–H groups in total. The van der Waals surface area contributed by atoms with Crippen molar-refractivity contribution in [2.45, 2.75) is 12.8 Å². The molecule has 0 aliphatic carbocycles. The van der Waals surface area contributed by atoms with Crippen molar-refractivity contribution < 1.29 is 4.74 Å². The third-order valence-corrected chi connectivity index (χ3v) is 3.44. The van der Waals surface area contributed by atoms with Crippen LogP contribution in [-0.4, -0.2) is 19.6 Å². The maximum absolute atomic E-state index is 6.01. The topological polar surface area (TPSA) is 9.23 Å². The minimum absolute atomic E-state index is 0.361. The smallest absolute Gasteiger partial charge is 0.0494 e. The monoisotopic (exact) mass is 290 g/mol. The largest absolute Gasteiger partial charge is 0.384 e. The van der Waals surface area contributed by atoms with E-state index in [1.165, 1.54) is 5.56 Å². The number of halogens is 2. The van der Waals surface area contributed by atoms with E-state index in [1.807, 2.05) is 0 Å². The van der Waals surface area contributed by atoms with Gasteiger partial charge in [0.05, 0.1) is 0 Å². The zero-order valence-electron chi connectivity index (χ0n) is 9.04. The molecular formula is C12H16BrClO. The van der Waals surface area contributed by atoms with Crippen LogP contribution in [0.15, 0.2) is 28.7 Å². The van der Waals surface area contributed by atoms with Crippen LogP contribution >= 0.6 is 27.5 Å². The van der Waals surface area contributed by atoms with Gasteiger partial charge in [0.1, 0.15) is 0 Å². The maximum atomic E-state index is 6.01. The molecule has 84 valence electrons. The predicted octanol–water partition coefficient (Wildman–Crippen LogP) is 4.05. The standard InChI is InChI=1S/C12H16BrClO/c1-9(8-15-2)12(7-14)10-3-5-11(13)6-4-10/h3-6,9,12H,7-8H2,1-2H3. The molecule has 15 heavy (non-hydrogen) atoms. The summed E-state index contributed by atoms with van der Waals surface area (Å²) in [5, 5.41) is 0. The molecule has 1 aromatic carbocycles. The molecule has 0 bridgehead atoms. The maximum Gasteiger partial charge on any atom is 0.0494 e. The summed E-state index contributed by atoms with van der Waals surface area (Å²) in [5.74, 6) is 1.43. The quantitative estimate of drug-likeness (QED) is 0.744. The van der Waals surface area contributed by atoms with E-state index in [0.717, 1.165) is 11.1 Å². The van der Waals surface area contributed by atoms with Crippen molar-refractivity contribution in [3.63, 3.8) is 0 Å². The average molecular weight is 292 g/mol. The van der Waals surface area contributed by atoms with Gasteiger partial charge in [-0.1, -0.05) is 35.0 Å². The molecule has 0 aromatic heterocycles. The molecule has 2 atom stereocenters. The highest BCUT2D eigenvalue weighted by Crippen LogP contribution is 2.27. The highest BCUT2D eigenvalue weighted by molar-refractivity contribution is 9.10. The van der Waals surface area contributed by atoms with Gasteiger partial charge >= 0.3 is 0 Å². The number of ether oxygens (including phenoxy) is 1. The lowest BCUT2D eigenvalue weighted by Crippen LogP contribution is -2.16. The second-order valence-electron chi connectivity index (χ2n) is 3.74. The molecule has 2 unspecified atom stereocenters. The van der Waals surface area contributed by atoms with Gasteiger partial charge < -0.3 is 4.74 Å². The molecule has 0 fully saturated rings. The van der Waals surface area contributed by atoms with Gasteiger partial charge in [0.25, 0.3) is 0 Å². The van der Waals surface area contributed by atoms with Gasteiger partial charge in [-0.3, -0.25) is 0 Å². The molecular weight excluding hydrogens is 275 g/mol. The lowest BCUT2D eigenvalue weighted by molar-refractivity contribution is 0.150. The normalized spacial score (nSPS) is 14.9. The van der Waals surface area contributed by atoms with Crippen LogP contribution in [0.1, 0.15) is 18.4 Å². The van der Waals surface area contributed by atoms with Crippen molar-refractivity contribution in [1.82, 2.24) is 0 Å². The van der Waals surface area contributed by atoms with Gasteiger partial charge in [-0.25, -0.2) is 0 Å². The summed E-state index contributed by atoms with van der Waals surface area (Å²) in [7, 11) is 1.73. The van der Waals surface area contributed by atoms with Crippen molar-refractivity contribution in [3.8, 4) is 0 Å². The molecule has 3 heteroatoms. The molecule has 0 radical (unpaired) electrons. The molecule has 0 saturated heterocycles. The first-order chi connectivity index (χ1) is 7.19. The summed E-state index contributed by atoms with van der Waals surface area (Å²) in [6.45, 7) is 2.91. The number of rotatable bonds is 5. The number of alkyl halides is 1. The van der Waals surface area contributed by atoms with Crippen molar-refractivity contribution in [2.24, 2.45) is 5.92 Å². The molecule has 1 rings (SSSR count). The molecule has 1 nitrogen and oxygen atoms in total. The number of hydrogen-bond acceptors (Lipinski definition) is 1. The van der Waals surface area contributed by atoms with Crippen LogP contribution in [0.25, 0.3) is 0 Å². The van der Waals surface area contributed by atoms with Crippen molar-refractivity contribution in [3.05, 3.63) is 34.3 Å². The molecule has 0 saturated carbocycles. The summed E-state index contributed by atoms with van der Waals surface area (Å²) in [4.78, 5) is 0. The number of methoxy groups -OCH3 is 1. The molecule has 0 aliphatic rings. The summed E-state index contributed by atoms with van der Waals surface area (Å²) in [6.07, 6.45) is 0. The first-order valence-corrected chi connectivity index (χ1v) is 6.32. The lowest BCUT2D eigenvalue weighted by atomic mass is 9.89. The Morgan fingerprint density at radius 3 is 2.40 bits per heavy atom. The molecule has 0 heterocycles. The Labute approximate surface area is 105 Å². The predicted molar refractivity (Wildman–Crippen MR) is 68.6 cm³/mol. The molecule has 1 aromatic rings. The Morgan fingerprint density at radius 2 is 1.93 bits per heavy atom. The van der Waals surface area contributed by atoms with Crippen molar-refractivity contribution >= 4 is 27.5 Å². The van der Waals surface area contributed by atoms with Gasteiger partial charge in [-0.15, -0.1) is 11.6 Å². The van der Waals surface area contributed by atoms with Crippen LogP contribution in [0.2, 0.25) is 0 Å². The van der Waals surface area contributed by atoms with Gasteiger partial charge in [-0.2, -0.15) is 0 Å². The zero-order valence-corrected chi connectivity index (χ0v) is 11.4. The van der Waals surface area contributed by atoms with E-state index in [9.17, 15) is 0 Å². The van der Waals surface area contributed by atoms with Gasteiger partial charge in [-0.05, 0) is 23.6 Å². The van der Waals surface area contributed by atoms with E-state index in [0.29, 0.717) is 17.7 Å². The SMILES string of the molecule is COCC(C)C(CCl)c1ccc(Br)cc1. The average Bonchev–Trinajstić information content (AvgIpc) is 2.22. The fourth-order valence-corrected chi connectivity index (χ4v) is 2.41. The summed E-state index contributed by atoms with van der Waals surface area (Å²) in [5.41, 5.74) is 1.28. The van der Waals surface area contributed by atoms with E-state index in [-0.39, 0.29) is 0 Å². The number of hydrogen-bond donors (Lipinski definition) is 0. The van der Waals surface area contributed by atoms with Crippen LogP contribution < -0.4 is 0 Å². The minimum atomic E-state index is 0.361. The van der Waals surface area contributed by atoms with Crippen LogP contribution in [0, 0.1) is 5.92 Å². The molecule has 0 amide bonds.